The third kappa shape index (κ3) is 11.4. The highest BCUT2D eigenvalue weighted by Crippen LogP contribution is 2.29. The molecule has 250 valence electrons. The molecule has 0 aliphatic rings. The molecule has 47 heavy (non-hydrogen) atoms. The largest absolute Gasteiger partial charge is 0.482 e. The van der Waals surface area contributed by atoms with Gasteiger partial charge >= 0.3 is 18.0 Å². The Morgan fingerprint density at radius 1 is 0.851 bits per heavy atom. The number of amides is 4. The van der Waals surface area contributed by atoms with Crippen molar-refractivity contribution in [2.24, 2.45) is 0 Å². The summed E-state index contributed by atoms with van der Waals surface area (Å²) in [4.78, 5) is 65.4. The summed E-state index contributed by atoms with van der Waals surface area (Å²) in [5.41, 5.74) is 0.143. The van der Waals surface area contributed by atoms with Crippen molar-refractivity contribution in [2.45, 2.75) is 32.8 Å². The first-order chi connectivity index (χ1) is 22.1. The van der Waals surface area contributed by atoms with Crippen LogP contribution in [0.4, 0.5) is 30.6 Å². The van der Waals surface area contributed by atoms with E-state index in [0.29, 0.717) is 17.3 Å². The van der Waals surface area contributed by atoms with Crippen LogP contribution in [0, 0.1) is 11.6 Å². The van der Waals surface area contributed by atoms with E-state index in [1.54, 1.807) is 57.2 Å². The lowest BCUT2D eigenvalue weighted by atomic mass is 10.1. The molecular weight excluding hydrogens is 618 g/mol. The van der Waals surface area contributed by atoms with Crippen LogP contribution in [0.1, 0.15) is 26.3 Å². The number of carbonyl (C=O) groups is 5. The van der Waals surface area contributed by atoms with Crippen LogP contribution in [0.25, 0.3) is 0 Å². The number of nitrogens with one attached hydrogen (secondary N) is 2. The van der Waals surface area contributed by atoms with E-state index in [2.05, 4.69) is 15.4 Å². The van der Waals surface area contributed by atoms with E-state index in [-0.39, 0.29) is 23.5 Å². The van der Waals surface area contributed by atoms with Gasteiger partial charge in [0, 0.05) is 24.5 Å². The number of halogens is 2. The van der Waals surface area contributed by atoms with Gasteiger partial charge in [0.25, 0.3) is 5.91 Å². The minimum absolute atomic E-state index is 0.00152. The number of para-hydroxylation sites is 2. The van der Waals surface area contributed by atoms with E-state index in [4.69, 9.17) is 9.47 Å². The second-order valence-corrected chi connectivity index (χ2v) is 11.2. The van der Waals surface area contributed by atoms with Gasteiger partial charge in [-0.05, 0) is 62.7 Å². The van der Waals surface area contributed by atoms with Gasteiger partial charge in [-0.1, -0.05) is 24.3 Å². The molecule has 0 aliphatic carbocycles. The van der Waals surface area contributed by atoms with Gasteiger partial charge in [-0.2, -0.15) is 0 Å². The molecule has 0 atom stereocenters. The maximum Gasteiger partial charge on any atom is 0.326 e. The number of rotatable bonds is 12. The lowest BCUT2D eigenvalue weighted by Gasteiger charge is -2.27. The Morgan fingerprint density at radius 2 is 1.53 bits per heavy atom. The van der Waals surface area contributed by atoms with Gasteiger partial charge in [0.1, 0.15) is 29.5 Å². The first-order valence-electron chi connectivity index (χ1n) is 14.3. The highest BCUT2D eigenvalue weighted by atomic mass is 19.1. The second-order valence-electron chi connectivity index (χ2n) is 11.2. The second kappa shape index (κ2) is 16.2. The van der Waals surface area contributed by atoms with E-state index in [1.165, 1.54) is 26.3 Å². The SMILES string of the molecule is COC(=O)Cc1cccc(NC(=O)NCC(=O)N(CC(=O)OC(C)(C)C)c2ccccc2OCC(=O)N(C)c2cc(F)cc(F)c2)c1. The Labute approximate surface area is 270 Å². The van der Waals surface area contributed by atoms with E-state index in [0.717, 1.165) is 21.9 Å². The molecular formula is C33H36F2N4O8. The Bertz CT molecular complexity index is 1610. The third-order valence-electron chi connectivity index (χ3n) is 6.29. The van der Waals surface area contributed by atoms with Gasteiger partial charge < -0.3 is 29.7 Å². The average Bonchev–Trinajstić information content (AvgIpc) is 3.00. The Kier molecular flexibility index (Phi) is 12.4. The summed E-state index contributed by atoms with van der Waals surface area (Å²) in [6, 6.07) is 14.5. The number of nitrogens with zero attached hydrogens (tertiary/aromatic N) is 2. The van der Waals surface area contributed by atoms with Crippen LogP contribution in [0.3, 0.4) is 0 Å². The number of benzene rings is 3. The predicted molar refractivity (Wildman–Crippen MR) is 169 cm³/mol. The summed E-state index contributed by atoms with van der Waals surface area (Å²) >= 11 is 0. The number of ether oxygens (including phenoxy) is 3. The van der Waals surface area contributed by atoms with Gasteiger partial charge in [0.15, 0.2) is 6.61 Å². The molecule has 0 saturated heterocycles. The van der Waals surface area contributed by atoms with Crippen LogP contribution >= 0.6 is 0 Å². The fourth-order valence-corrected chi connectivity index (χ4v) is 4.15. The Hall–Kier alpha value is -5.53. The molecule has 4 amide bonds. The number of carbonyl (C=O) groups excluding carboxylic acids is 5. The Balaban J connectivity index is 1.76. The number of anilines is 3. The molecule has 3 aromatic carbocycles. The zero-order valence-electron chi connectivity index (χ0n) is 26.6. The molecule has 0 saturated carbocycles. The fraction of sp³-hybridized carbons (Fsp3) is 0.303. The van der Waals surface area contributed by atoms with Crippen LogP contribution < -0.4 is 25.2 Å². The summed E-state index contributed by atoms with van der Waals surface area (Å²) in [5, 5.41) is 5.01. The number of urea groups is 1. The van der Waals surface area contributed by atoms with Crippen LogP contribution in [-0.2, 0) is 35.1 Å². The fourth-order valence-electron chi connectivity index (χ4n) is 4.15. The number of methoxy groups -OCH3 is 1. The average molecular weight is 655 g/mol. The molecule has 0 aromatic heterocycles. The minimum Gasteiger partial charge on any atom is -0.482 e. The lowest BCUT2D eigenvalue weighted by molar-refractivity contribution is -0.153. The number of hydrogen-bond donors (Lipinski definition) is 2. The quantitative estimate of drug-likeness (QED) is 0.277. The van der Waals surface area contributed by atoms with Gasteiger partial charge in [-0.25, -0.2) is 13.6 Å². The van der Waals surface area contributed by atoms with Crippen molar-refractivity contribution >= 4 is 46.8 Å². The van der Waals surface area contributed by atoms with Crippen LogP contribution in [0.2, 0.25) is 0 Å². The maximum absolute atomic E-state index is 13.7. The normalized spacial score (nSPS) is 10.8. The van der Waals surface area contributed by atoms with E-state index in [9.17, 15) is 32.8 Å². The summed E-state index contributed by atoms with van der Waals surface area (Å²) < 4.78 is 43.1. The molecule has 3 aromatic rings. The highest BCUT2D eigenvalue weighted by Gasteiger charge is 2.26. The lowest BCUT2D eigenvalue weighted by Crippen LogP contribution is -2.45. The summed E-state index contributed by atoms with van der Waals surface area (Å²) in [7, 11) is 2.58. The zero-order valence-corrected chi connectivity index (χ0v) is 26.6. The monoisotopic (exact) mass is 654 g/mol. The molecule has 0 fully saturated rings. The molecule has 2 N–H and O–H groups in total. The molecule has 0 radical (unpaired) electrons. The van der Waals surface area contributed by atoms with Gasteiger partial charge in [0.2, 0.25) is 5.91 Å². The van der Waals surface area contributed by atoms with Crippen molar-refractivity contribution in [1.29, 1.82) is 0 Å². The number of esters is 2. The molecule has 0 unspecified atom stereocenters. The summed E-state index contributed by atoms with van der Waals surface area (Å²) in [5.74, 6) is -4.29. The van der Waals surface area contributed by atoms with E-state index < -0.39 is 66.7 Å². The summed E-state index contributed by atoms with van der Waals surface area (Å²) in [6.45, 7) is 3.27. The molecule has 14 heteroatoms. The topological polar surface area (TPSA) is 144 Å². The number of likely N-dealkylation sites (N-methyl/N-ethyl adjacent to an activating group) is 1. The zero-order chi connectivity index (χ0) is 34.7. The smallest absolute Gasteiger partial charge is 0.326 e. The first kappa shape index (κ1) is 35.9. The van der Waals surface area contributed by atoms with E-state index in [1.807, 2.05) is 0 Å². The molecule has 0 heterocycles. The highest BCUT2D eigenvalue weighted by molar-refractivity contribution is 6.02. The van der Waals surface area contributed by atoms with Crippen molar-refractivity contribution < 1.29 is 47.0 Å². The first-order valence-corrected chi connectivity index (χ1v) is 14.3. The Morgan fingerprint density at radius 3 is 2.19 bits per heavy atom. The van der Waals surface area contributed by atoms with Crippen LogP contribution in [-0.4, -0.2) is 69.2 Å². The molecule has 0 bridgehead atoms. The van der Waals surface area contributed by atoms with Crippen molar-refractivity contribution in [1.82, 2.24) is 5.32 Å². The van der Waals surface area contributed by atoms with E-state index >= 15 is 0 Å². The van der Waals surface area contributed by atoms with Crippen molar-refractivity contribution in [3.63, 3.8) is 0 Å². The van der Waals surface area contributed by atoms with Crippen molar-refractivity contribution in [3.8, 4) is 5.75 Å². The third-order valence-corrected chi connectivity index (χ3v) is 6.29. The summed E-state index contributed by atoms with van der Waals surface area (Å²) in [6.07, 6.45) is -0.00152. The maximum atomic E-state index is 13.7. The molecule has 0 spiro atoms. The molecule has 0 aliphatic heterocycles. The molecule has 3 rings (SSSR count). The minimum atomic E-state index is -0.865. The van der Waals surface area contributed by atoms with Crippen molar-refractivity contribution in [3.05, 3.63) is 83.9 Å². The van der Waals surface area contributed by atoms with Crippen LogP contribution in [0.15, 0.2) is 66.7 Å². The van der Waals surface area contributed by atoms with Gasteiger partial charge in [-0.3, -0.25) is 24.1 Å². The van der Waals surface area contributed by atoms with Crippen LogP contribution in [0.5, 0.6) is 5.75 Å². The standard InChI is InChI=1S/C33H36F2N4O8/c1-33(2,3)47-31(43)19-39(28(40)18-36-32(44)37-24-10-8-9-21(13-24)14-30(42)45-5)26-11-6-7-12-27(26)46-20-29(41)38(4)25-16-22(34)15-23(35)17-25/h6-13,15-17H,14,18-20H2,1-5H3,(H2,36,37,44). The predicted octanol–water partition coefficient (Wildman–Crippen LogP) is 4.22. The van der Waals surface area contributed by atoms with Gasteiger partial charge in [0.05, 0.1) is 25.8 Å². The van der Waals surface area contributed by atoms with Gasteiger partial charge in [-0.15, -0.1) is 0 Å². The van der Waals surface area contributed by atoms with Crippen molar-refractivity contribution in [2.75, 3.05) is 49.0 Å². The number of hydrogen-bond acceptors (Lipinski definition) is 8. The molecule has 12 nitrogen and oxygen atoms in total.